The number of aromatic hydroxyl groups is 1. The van der Waals surface area contributed by atoms with Crippen LogP contribution in [0.4, 0.5) is 5.69 Å². The number of piperidine rings is 1. The van der Waals surface area contributed by atoms with Gasteiger partial charge in [-0.1, -0.05) is 51.8 Å². The predicted molar refractivity (Wildman–Crippen MR) is 239 cm³/mol. The lowest BCUT2D eigenvalue weighted by atomic mass is 9.78. The van der Waals surface area contributed by atoms with Gasteiger partial charge in [0.05, 0.1) is 36.4 Å². The summed E-state index contributed by atoms with van der Waals surface area (Å²) in [6, 6.07) is 3.60. The fourth-order valence-corrected chi connectivity index (χ4v) is 9.03. The van der Waals surface area contributed by atoms with Gasteiger partial charge < -0.3 is 44.7 Å². The maximum Gasteiger partial charge on any atom is 0.302 e. The van der Waals surface area contributed by atoms with E-state index in [0.29, 0.717) is 5.65 Å². The zero-order chi connectivity index (χ0) is 46.2. The molecule has 16 heteroatoms. The number of nitrogens with one attached hydrogen (secondary N) is 1. The van der Waals surface area contributed by atoms with Crippen molar-refractivity contribution >= 4 is 51.8 Å². The highest BCUT2D eigenvalue weighted by atomic mass is 16.7. The summed E-state index contributed by atoms with van der Waals surface area (Å²) in [5, 5.41) is 56.8. The van der Waals surface area contributed by atoms with Crippen LogP contribution in [0.3, 0.4) is 0 Å². The molecule has 1 amide bonds. The van der Waals surface area contributed by atoms with Crippen molar-refractivity contribution in [1.29, 1.82) is 0 Å². The predicted octanol–water partition coefficient (Wildman–Crippen LogP) is 5.79. The first-order chi connectivity index (χ1) is 30.4. The van der Waals surface area contributed by atoms with Crippen molar-refractivity contribution in [1.82, 2.24) is 14.4 Å². The molecule has 1 unspecified atom stereocenters. The van der Waals surface area contributed by atoms with Crippen LogP contribution in [0.25, 0.3) is 22.3 Å². The van der Waals surface area contributed by atoms with E-state index < -0.39 is 89.1 Å². The zero-order valence-electron chi connectivity index (χ0n) is 37.4. The first-order valence-electron chi connectivity index (χ1n) is 21.7. The molecule has 1 aromatic carbocycles. The molecule has 0 saturated carbocycles. The number of phenols is 1. The minimum Gasteiger partial charge on any atom is -0.506 e. The van der Waals surface area contributed by atoms with Crippen molar-refractivity contribution in [2.75, 3.05) is 25.5 Å². The molecule has 3 aromatic rings. The first-order valence-corrected chi connectivity index (χ1v) is 21.7. The number of hydrazone groups is 1. The Hall–Kier alpha value is -5.99. The number of anilines is 1. The molecule has 64 heavy (non-hydrogen) atoms. The summed E-state index contributed by atoms with van der Waals surface area (Å²) in [7, 11) is 1.46. The smallest absolute Gasteiger partial charge is 0.302 e. The Bertz CT molecular complexity index is 2560. The average Bonchev–Trinajstić information content (AvgIpc) is 3.72. The molecule has 0 spiro atoms. The molecule has 5 heterocycles. The van der Waals surface area contributed by atoms with Crippen LogP contribution in [0.1, 0.15) is 89.2 Å². The Morgan fingerprint density at radius 2 is 1.78 bits per heavy atom. The lowest BCUT2D eigenvalue weighted by Gasteiger charge is -2.38. The highest BCUT2D eigenvalue weighted by molar-refractivity contribution is 6.22. The van der Waals surface area contributed by atoms with Crippen LogP contribution >= 0.6 is 0 Å². The number of hydrogen-bond acceptors (Lipinski definition) is 14. The molecule has 1 aliphatic carbocycles. The molecule has 1 fully saturated rings. The van der Waals surface area contributed by atoms with Crippen molar-refractivity contribution in [3.63, 3.8) is 0 Å². The molecule has 1 saturated heterocycles. The minimum absolute atomic E-state index is 0.0330. The minimum atomic E-state index is -1.89. The number of aliphatic hydroxyl groups excluding tert-OH is 3. The topological polar surface area (TPSA) is 214 Å². The molecule has 340 valence electrons. The van der Waals surface area contributed by atoms with E-state index in [-0.39, 0.29) is 39.0 Å². The van der Waals surface area contributed by atoms with Gasteiger partial charge in [-0.2, -0.15) is 5.10 Å². The fraction of sp³-hybridized carbons (Fsp3) is 0.479. The third kappa shape index (κ3) is 8.77. The van der Waals surface area contributed by atoms with Gasteiger partial charge in [0.2, 0.25) is 5.78 Å². The second kappa shape index (κ2) is 18.6. The summed E-state index contributed by atoms with van der Waals surface area (Å²) >= 11 is 0. The number of nitrogens with zero attached hydrogens (tertiary/aromatic N) is 4. The van der Waals surface area contributed by atoms with Crippen molar-refractivity contribution < 1.29 is 53.8 Å². The Kier molecular flexibility index (Phi) is 13.4. The average molecular weight is 880 g/mol. The van der Waals surface area contributed by atoms with Gasteiger partial charge in [0.25, 0.3) is 11.7 Å². The van der Waals surface area contributed by atoms with Crippen LogP contribution in [-0.2, 0) is 28.5 Å². The van der Waals surface area contributed by atoms with E-state index in [1.807, 2.05) is 11.1 Å². The number of aromatic nitrogens is 2. The van der Waals surface area contributed by atoms with Crippen molar-refractivity contribution in [3.8, 4) is 17.6 Å². The number of esters is 1. The number of phenolic OH excluding ortho intramolecular Hbond substituents is 1. The number of carbonyl (C=O) groups excluding carboxylic acids is 3. The number of pyridine rings is 1. The zero-order valence-corrected chi connectivity index (χ0v) is 37.4. The Morgan fingerprint density at radius 3 is 2.48 bits per heavy atom. The normalized spacial score (nSPS) is 32.4. The summed E-state index contributed by atoms with van der Waals surface area (Å²) in [6.07, 6.45) is 9.38. The maximum absolute atomic E-state index is 14.0. The second-order valence-corrected chi connectivity index (χ2v) is 17.4. The highest BCUT2D eigenvalue weighted by Gasteiger charge is 2.49. The number of fused-ring (bicyclic) bond motifs is 2. The van der Waals surface area contributed by atoms with E-state index in [2.05, 4.69) is 22.3 Å². The molecule has 4 aliphatic rings. The summed E-state index contributed by atoms with van der Waals surface area (Å²) in [5.74, 6) is -2.02. The van der Waals surface area contributed by atoms with Crippen LogP contribution in [-0.4, -0.2) is 115 Å². The largest absolute Gasteiger partial charge is 0.506 e. The quantitative estimate of drug-likeness (QED) is 0.0691. The van der Waals surface area contributed by atoms with Gasteiger partial charge in [-0.25, -0.2) is 4.98 Å². The van der Waals surface area contributed by atoms with Gasteiger partial charge in [-0.15, -0.1) is 0 Å². The Morgan fingerprint density at radius 1 is 1.05 bits per heavy atom. The molecular weight excluding hydrogens is 823 g/mol. The number of benzene rings is 1. The first kappa shape index (κ1) is 46.0. The molecular formula is C48H57N5O11. The van der Waals surface area contributed by atoms with Gasteiger partial charge >= 0.3 is 5.97 Å². The molecule has 2 aromatic heterocycles. The van der Waals surface area contributed by atoms with E-state index in [9.17, 15) is 34.8 Å². The number of methoxy groups -OCH3 is 1. The lowest BCUT2D eigenvalue weighted by molar-refractivity contribution is -0.175. The van der Waals surface area contributed by atoms with E-state index in [4.69, 9.17) is 23.9 Å². The van der Waals surface area contributed by atoms with Crippen LogP contribution in [0, 0.1) is 35.5 Å². The summed E-state index contributed by atoms with van der Waals surface area (Å²) in [4.78, 5) is 45.3. The van der Waals surface area contributed by atoms with E-state index in [1.54, 1.807) is 81.8 Å². The molecule has 5 N–H and O–H groups in total. The lowest BCUT2D eigenvalue weighted by Crippen LogP contribution is -2.46. The number of ether oxygens (including phenoxy) is 4. The van der Waals surface area contributed by atoms with Gasteiger partial charge in [0.1, 0.15) is 28.5 Å². The van der Waals surface area contributed by atoms with Gasteiger partial charge in [-0.05, 0) is 55.9 Å². The number of Topliss-reactive ketones (excluding diaryl/α,β-unsaturated/α-hetero) is 1. The van der Waals surface area contributed by atoms with Gasteiger partial charge in [0, 0.05) is 80.6 Å². The van der Waals surface area contributed by atoms with E-state index in [0.717, 1.165) is 37.9 Å². The standard InChI is InChI=1S/C48H57N5O11/c1-25-13-12-14-26(2)47(60)51-40-41-39(50-35-23-31(17-21-53(35)41)24-49-52-19-10-9-11-20-52)38-36(44(40)58)32(55)15-16-34-37(38)46(59)48(7,64-34)62-22-18-33(61-8)27(3)45(63-30(6)54)29(5)43(57)28(4)42(25)56/h12-14,17-18,21-25,27-29,33-34,42-43,45,56-59H,9-11,19-20H2,1-8H3,(H,51,60)/b13-12+,22-18+,26-14-,49-24+/t25-,27+,28+,29+,33-,34?,42-,43+,45+,48-/m0/s1. The Balaban J connectivity index is 1.41. The number of ketones is 1. The molecule has 16 nitrogen and oxygen atoms in total. The van der Waals surface area contributed by atoms with Crippen LogP contribution in [0.2, 0.25) is 0 Å². The third-order valence-corrected chi connectivity index (χ3v) is 12.9. The number of imidazole rings is 1. The van der Waals surface area contributed by atoms with Gasteiger partial charge in [-0.3, -0.25) is 23.8 Å². The molecule has 7 rings (SSSR count). The summed E-state index contributed by atoms with van der Waals surface area (Å²) < 4.78 is 25.7. The number of carbonyl (C=O) groups is 3. The molecule has 3 aliphatic heterocycles. The maximum atomic E-state index is 14.0. The van der Waals surface area contributed by atoms with E-state index >= 15 is 0 Å². The van der Waals surface area contributed by atoms with Gasteiger partial charge in [0.15, 0.2) is 17.6 Å². The number of aliphatic hydroxyl groups is 3. The van der Waals surface area contributed by atoms with Crippen molar-refractivity contribution in [2.24, 2.45) is 28.8 Å². The van der Waals surface area contributed by atoms with Crippen LogP contribution in [0.15, 0.2) is 65.3 Å². The van der Waals surface area contributed by atoms with Crippen LogP contribution in [0.5, 0.6) is 5.75 Å². The number of amides is 1. The molecule has 10 atom stereocenters. The van der Waals surface area contributed by atoms with E-state index in [1.165, 1.54) is 27.2 Å². The number of rotatable bonds is 4. The van der Waals surface area contributed by atoms with Crippen LogP contribution < -0.4 is 5.32 Å². The van der Waals surface area contributed by atoms with Crippen molar-refractivity contribution in [2.45, 2.75) is 104 Å². The SMILES string of the molecule is CO[C@H]1/C=C/O[C@@]2(C)OC3C#CC(=O)c4c(O)c(c5c(nc6cc(/C=N/N7CCCCC7)ccn65)c4C3=C2O)NC(=O)/C(C)=C\C=C\[C@H](C)[C@H](O)[C@@H](C)[C@@H](O)[C@@H](C)[C@H](OC(C)=O)[C@@H]1C. The monoisotopic (exact) mass is 879 g/mol. The summed E-state index contributed by atoms with van der Waals surface area (Å²) in [6.45, 7) is 13.0. The second-order valence-electron chi connectivity index (χ2n) is 17.4. The molecule has 4 bridgehead atoms. The number of hydrogen-bond donors (Lipinski definition) is 5. The number of allylic oxidation sites excluding steroid dienone is 2. The Labute approximate surface area is 371 Å². The van der Waals surface area contributed by atoms with Crippen molar-refractivity contribution in [3.05, 3.63) is 76.9 Å². The summed E-state index contributed by atoms with van der Waals surface area (Å²) in [5.41, 5.74) is 1.35. The highest BCUT2D eigenvalue weighted by Crippen LogP contribution is 2.49. The molecule has 0 radical (unpaired) electrons. The third-order valence-electron chi connectivity index (χ3n) is 12.9. The fourth-order valence-electron chi connectivity index (χ4n) is 9.03.